The Bertz CT molecular complexity index is 134. The summed E-state index contributed by atoms with van der Waals surface area (Å²) in [5.74, 6) is 0. The molecule has 0 saturated carbocycles. The molecule has 0 rings (SSSR count). The standard InChI is InChI=1S/C13H26O2/c1-4-6-7-8-9-10-11-12-13(3)15-14-5-2/h5,13H,2,4,6-12H2,1,3H3. The third-order valence-corrected chi connectivity index (χ3v) is 2.50. The second-order valence-corrected chi connectivity index (χ2v) is 4.08. The molecule has 2 heteroatoms. The van der Waals surface area contributed by atoms with Gasteiger partial charge in [0, 0.05) is 0 Å². The van der Waals surface area contributed by atoms with Crippen LogP contribution >= 0.6 is 0 Å². The van der Waals surface area contributed by atoms with Crippen LogP contribution in [0, 0.1) is 0 Å². The van der Waals surface area contributed by atoms with Crippen molar-refractivity contribution < 1.29 is 9.78 Å². The zero-order valence-corrected chi connectivity index (χ0v) is 10.3. The molecular formula is C13H26O2. The van der Waals surface area contributed by atoms with Crippen molar-refractivity contribution in [2.75, 3.05) is 0 Å². The third-order valence-electron chi connectivity index (χ3n) is 2.50. The van der Waals surface area contributed by atoms with Crippen LogP contribution in [0.4, 0.5) is 0 Å². The Kier molecular flexibility index (Phi) is 11.2. The number of hydrogen-bond donors (Lipinski definition) is 0. The van der Waals surface area contributed by atoms with Crippen LogP contribution in [0.3, 0.4) is 0 Å². The van der Waals surface area contributed by atoms with Crippen molar-refractivity contribution in [3.8, 4) is 0 Å². The first-order valence-corrected chi connectivity index (χ1v) is 6.24. The molecule has 0 amide bonds. The lowest BCUT2D eigenvalue weighted by molar-refractivity contribution is -0.279. The monoisotopic (exact) mass is 214 g/mol. The molecule has 0 aliphatic heterocycles. The van der Waals surface area contributed by atoms with Gasteiger partial charge in [0.15, 0.2) is 0 Å². The van der Waals surface area contributed by atoms with E-state index in [1.165, 1.54) is 51.2 Å². The van der Waals surface area contributed by atoms with Crippen molar-refractivity contribution in [3.63, 3.8) is 0 Å². The van der Waals surface area contributed by atoms with E-state index in [0.29, 0.717) is 0 Å². The van der Waals surface area contributed by atoms with Gasteiger partial charge in [-0.25, -0.2) is 0 Å². The molecule has 15 heavy (non-hydrogen) atoms. The average Bonchev–Trinajstić information content (AvgIpc) is 2.25. The number of unbranched alkanes of at least 4 members (excludes halogenated alkanes) is 6. The van der Waals surface area contributed by atoms with E-state index in [-0.39, 0.29) is 6.10 Å². The molecule has 0 aromatic heterocycles. The molecule has 0 aromatic carbocycles. The van der Waals surface area contributed by atoms with E-state index in [2.05, 4.69) is 18.4 Å². The predicted octanol–water partition coefficient (Wildman–Crippen LogP) is 4.61. The van der Waals surface area contributed by atoms with Crippen molar-refractivity contribution in [3.05, 3.63) is 12.8 Å². The minimum atomic E-state index is 0.179. The normalized spacial score (nSPS) is 12.4. The number of hydrogen-bond acceptors (Lipinski definition) is 2. The van der Waals surface area contributed by atoms with Crippen molar-refractivity contribution in [1.29, 1.82) is 0 Å². The fourth-order valence-electron chi connectivity index (χ4n) is 1.57. The van der Waals surface area contributed by atoms with E-state index in [0.717, 1.165) is 6.42 Å². The topological polar surface area (TPSA) is 18.5 Å². The lowest BCUT2D eigenvalue weighted by Gasteiger charge is -2.09. The maximum atomic E-state index is 5.02. The van der Waals surface area contributed by atoms with Gasteiger partial charge in [0.05, 0.1) is 0 Å². The van der Waals surface area contributed by atoms with Gasteiger partial charge >= 0.3 is 0 Å². The zero-order chi connectivity index (χ0) is 11.4. The van der Waals surface area contributed by atoms with Gasteiger partial charge in [-0.15, -0.1) is 0 Å². The molecule has 0 N–H and O–H groups in total. The van der Waals surface area contributed by atoms with Gasteiger partial charge in [0.2, 0.25) is 0 Å². The fourth-order valence-corrected chi connectivity index (χ4v) is 1.57. The van der Waals surface area contributed by atoms with E-state index < -0.39 is 0 Å². The molecule has 0 fully saturated rings. The van der Waals surface area contributed by atoms with Crippen LogP contribution in [0.25, 0.3) is 0 Å². The molecule has 0 spiro atoms. The minimum Gasteiger partial charge on any atom is -0.346 e. The van der Waals surface area contributed by atoms with Gasteiger partial charge in [0.25, 0.3) is 0 Å². The lowest BCUT2D eigenvalue weighted by Crippen LogP contribution is -2.06. The van der Waals surface area contributed by atoms with Gasteiger partial charge in [-0.1, -0.05) is 58.4 Å². The van der Waals surface area contributed by atoms with E-state index in [1.807, 2.05) is 6.92 Å². The van der Waals surface area contributed by atoms with Gasteiger partial charge in [-0.05, 0) is 13.3 Å². The van der Waals surface area contributed by atoms with E-state index in [9.17, 15) is 0 Å². The average molecular weight is 214 g/mol. The summed E-state index contributed by atoms with van der Waals surface area (Å²) in [4.78, 5) is 9.69. The van der Waals surface area contributed by atoms with Gasteiger partial charge < -0.3 is 4.89 Å². The quantitative estimate of drug-likeness (QED) is 0.216. The summed E-state index contributed by atoms with van der Waals surface area (Å²) >= 11 is 0. The van der Waals surface area contributed by atoms with Crippen LogP contribution in [0.5, 0.6) is 0 Å². The van der Waals surface area contributed by atoms with Crippen molar-refractivity contribution in [2.24, 2.45) is 0 Å². The van der Waals surface area contributed by atoms with Crippen molar-refractivity contribution in [1.82, 2.24) is 0 Å². The number of rotatable bonds is 11. The molecule has 90 valence electrons. The molecule has 0 aliphatic carbocycles. The first-order chi connectivity index (χ1) is 7.31. The Labute approximate surface area is 94.6 Å². The second kappa shape index (κ2) is 11.6. The Morgan fingerprint density at radius 1 is 1.07 bits per heavy atom. The molecule has 0 radical (unpaired) electrons. The fraction of sp³-hybridized carbons (Fsp3) is 0.846. The maximum Gasteiger partial charge on any atom is 0.122 e. The Balaban J connectivity index is 3.05. The second-order valence-electron chi connectivity index (χ2n) is 4.08. The lowest BCUT2D eigenvalue weighted by atomic mass is 10.1. The highest BCUT2D eigenvalue weighted by molar-refractivity contribution is 4.51. The Morgan fingerprint density at radius 2 is 1.67 bits per heavy atom. The smallest absolute Gasteiger partial charge is 0.122 e. The molecule has 0 bridgehead atoms. The largest absolute Gasteiger partial charge is 0.346 e. The highest BCUT2D eigenvalue weighted by Crippen LogP contribution is 2.10. The summed E-state index contributed by atoms with van der Waals surface area (Å²) in [5.41, 5.74) is 0. The molecule has 0 heterocycles. The van der Waals surface area contributed by atoms with Gasteiger partial charge in [-0.2, -0.15) is 4.89 Å². The summed E-state index contributed by atoms with van der Waals surface area (Å²) in [6.45, 7) is 7.70. The summed E-state index contributed by atoms with van der Waals surface area (Å²) in [5, 5.41) is 0. The highest BCUT2D eigenvalue weighted by atomic mass is 17.2. The van der Waals surface area contributed by atoms with Crippen LogP contribution in [0.1, 0.15) is 65.2 Å². The van der Waals surface area contributed by atoms with E-state index >= 15 is 0 Å². The van der Waals surface area contributed by atoms with Crippen LogP contribution in [0.15, 0.2) is 12.8 Å². The van der Waals surface area contributed by atoms with Crippen molar-refractivity contribution >= 4 is 0 Å². The van der Waals surface area contributed by atoms with Crippen LogP contribution in [-0.2, 0) is 9.78 Å². The molecule has 0 aliphatic rings. The predicted molar refractivity (Wildman–Crippen MR) is 64.4 cm³/mol. The molecule has 0 saturated heterocycles. The van der Waals surface area contributed by atoms with Crippen LogP contribution in [0.2, 0.25) is 0 Å². The SMILES string of the molecule is C=COOC(C)CCCCCCCCC. The summed E-state index contributed by atoms with van der Waals surface area (Å²) in [7, 11) is 0. The zero-order valence-electron chi connectivity index (χ0n) is 10.3. The molecule has 1 unspecified atom stereocenters. The van der Waals surface area contributed by atoms with Gasteiger partial charge in [0.1, 0.15) is 12.4 Å². The van der Waals surface area contributed by atoms with E-state index in [4.69, 9.17) is 4.89 Å². The molecule has 0 aromatic rings. The van der Waals surface area contributed by atoms with Crippen LogP contribution < -0.4 is 0 Å². The van der Waals surface area contributed by atoms with Gasteiger partial charge in [-0.3, -0.25) is 0 Å². The van der Waals surface area contributed by atoms with Crippen LogP contribution in [-0.4, -0.2) is 6.10 Å². The summed E-state index contributed by atoms with van der Waals surface area (Å²) in [6.07, 6.45) is 11.9. The molecule has 2 nitrogen and oxygen atoms in total. The Hall–Kier alpha value is -0.500. The first kappa shape index (κ1) is 14.5. The minimum absolute atomic E-state index is 0.179. The Morgan fingerprint density at radius 3 is 2.27 bits per heavy atom. The molecule has 1 atom stereocenters. The maximum absolute atomic E-state index is 5.02. The third kappa shape index (κ3) is 11.4. The van der Waals surface area contributed by atoms with E-state index in [1.54, 1.807) is 0 Å². The summed E-state index contributed by atoms with van der Waals surface area (Å²) in [6, 6.07) is 0. The van der Waals surface area contributed by atoms with Crippen molar-refractivity contribution in [2.45, 2.75) is 71.3 Å². The summed E-state index contributed by atoms with van der Waals surface area (Å²) < 4.78 is 0. The molecular weight excluding hydrogens is 188 g/mol. The highest BCUT2D eigenvalue weighted by Gasteiger charge is 2.01. The first-order valence-electron chi connectivity index (χ1n) is 6.24.